The smallest absolute Gasteiger partial charge is 0.160 e. The van der Waals surface area contributed by atoms with Crippen molar-refractivity contribution in [1.29, 1.82) is 0 Å². The Balaban J connectivity index is 2.24. The summed E-state index contributed by atoms with van der Waals surface area (Å²) in [6.45, 7) is 1.07. The van der Waals surface area contributed by atoms with Crippen molar-refractivity contribution < 1.29 is 9.84 Å². The van der Waals surface area contributed by atoms with Crippen molar-refractivity contribution in [3.8, 4) is 11.5 Å². The Kier molecular flexibility index (Phi) is 2.10. The minimum absolute atomic E-state index is 0.216. The SMILES string of the molecule is COc1ccc([C@H]2CCN2)cc1O. The van der Waals surface area contributed by atoms with Crippen molar-refractivity contribution >= 4 is 0 Å². The summed E-state index contributed by atoms with van der Waals surface area (Å²) >= 11 is 0. The maximum absolute atomic E-state index is 9.51. The van der Waals surface area contributed by atoms with E-state index in [1.807, 2.05) is 6.07 Å². The predicted octanol–water partition coefficient (Wildman–Crippen LogP) is 1.44. The Morgan fingerprint density at radius 3 is 2.77 bits per heavy atom. The first-order chi connectivity index (χ1) is 6.31. The Hall–Kier alpha value is -1.22. The number of hydrogen-bond donors (Lipinski definition) is 2. The second-order valence-electron chi connectivity index (χ2n) is 3.23. The average Bonchev–Trinajstić information content (AvgIpc) is 2.01. The van der Waals surface area contributed by atoms with Crippen LogP contribution in [-0.2, 0) is 0 Å². The lowest BCUT2D eigenvalue weighted by molar-refractivity contribution is 0.363. The van der Waals surface area contributed by atoms with E-state index in [2.05, 4.69) is 5.32 Å². The first-order valence-electron chi connectivity index (χ1n) is 4.41. The molecule has 0 saturated carbocycles. The normalized spacial score (nSPS) is 20.8. The maximum atomic E-state index is 9.51. The van der Waals surface area contributed by atoms with Crippen LogP contribution in [0, 0.1) is 0 Å². The molecule has 0 unspecified atom stereocenters. The minimum atomic E-state index is 0.216. The Morgan fingerprint density at radius 1 is 1.54 bits per heavy atom. The Labute approximate surface area is 77.3 Å². The number of rotatable bonds is 2. The van der Waals surface area contributed by atoms with Crippen molar-refractivity contribution in [3.05, 3.63) is 23.8 Å². The molecule has 3 heteroatoms. The van der Waals surface area contributed by atoms with Gasteiger partial charge in [-0.25, -0.2) is 0 Å². The second-order valence-corrected chi connectivity index (χ2v) is 3.23. The quantitative estimate of drug-likeness (QED) is 0.721. The summed E-state index contributed by atoms with van der Waals surface area (Å²) in [7, 11) is 1.55. The summed E-state index contributed by atoms with van der Waals surface area (Å²) in [5, 5.41) is 12.8. The lowest BCUT2D eigenvalue weighted by atomic mass is 9.98. The van der Waals surface area contributed by atoms with Gasteiger partial charge in [-0.15, -0.1) is 0 Å². The average molecular weight is 179 g/mol. The van der Waals surface area contributed by atoms with Crippen molar-refractivity contribution in [3.63, 3.8) is 0 Å². The fourth-order valence-corrected chi connectivity index (χ4v) is 1.50. The molecule has 2 rings (SSSR count). The maximum Gasteiger partial charge on any atom is 0.160 e. The van der Waals surface area contributed by atoms with Crippen LogP contribution >= 0.6 is 0 Å². The van der Waals surface area contributed by atoms with Crippen LogP contribution in [0.4, 0.5) is 0 Å². The largest absolute Gasteiger partial charge is 0.504 e. The predicted molar refractivity (Wildman–Crippen MR) is 50.0 cm³/mol. The van der Waals surface area contributed by atoms with Crippen molar-refractivity contribution in [2.75, 3.05) is 13.7 Å². The van der Waals surface area contributed by atoms with E-state index in [0.717, 1.165) is 18.5 Å². The van der Waals surface area contributed by atoms with E-state index in [0.29, 0.717) is 11.8 Å². The van der Waals surface area contributed by atoms with E-state index in [1.54, 1.807) is 19.2 Å². The third-order valence-corrected chi connectivity index (χ3v) is 2.43. The molecule has 70 valence electrons. The van der Waals surface area contributed by atoms with Crippen molar-refractivity contribution in [1.82, 2.24) is 5.32 Å². The highest BCUT2D eigenvalue weighted by Gasteiger charge is 2.19. The van der Waals surface area contributed by atoms with E-state index in [9.17, 15) is 5.11 Å². The van der Waals surface area contributed by atoms with Crippen LogP contribution in [-0.4, -0.2) is 18.8 Å². The zero-order valence-corrected chi connectivity index (χ0v) is 7.58. The molecule has 0 radical (unpaired) electrons. The number of phenols is 1. The molecule has 0 aliphatic carbocycles. The van der Waals surface area contributed by atoms with Crippen LogP contribution in [0.1, 0.15) is 18.0 Å². The van der Waals surface area contributed by atoms with Crippen LogP contribution in [0.5, 0.6) is 11.5 Å². The minimum Gasteiger partial charge on any atom is -0.504 e. The number of ether oxygens (including phenoxy) is 1. The number of benzene rings is 1. The molecule has 0 amide bonds. The highest BCUT2D eigenvalue weighted by molar-refractivity contribution is 5.42. The second kappa shape index (κ2) is 3.26. The molecular weight excluding hydrogens is 166 g/mol. The van der Waals surface area contributed by atoms with Crippen LogP contribution < -0.4 is 10.1 Å². The molecule has 1 aliphatic heterocycles. The molecule has 0 aromatic heterocycles. The van der Waals surface area contributed by atoms with Gasteiger partial charge in [-0.2, -0.15) is 0 Å². The number of methoxy groups -OCH3 is 1. The molecule has 1 heterocycles. The Morgan fingerprint density at radius 2 is 2.31 bits per heavy atom. The summed E-state index contributed by atoms with van der Waals surface area (Å²) in [5.41, 5.74) is 1.13. The van der Waals surface area contributed by atoms with Gasteiger partial charge in [0.1, 0.15) is 0 Å². The van der Waals surface area contributed by atoms with Crippen LogP contribution in [0.15, 0.2) is 18.2 Å². The summed E-state index contributed by atoms with van der Waals surface area (Å²) in [4.78, 5) is 0. The van der Waals surface area contributed by atoms with Crippen LogP contribution in [0.3, 0.4) is 0 Å². The summed E-state index contributed by atoms with van der Waals surface area (Å²) in [6, 6.07) is 5.95. The molecule has 3 nitrogen and oxygen atoms in total. The molecule has 0 spiro atoms. The molecule has 1 fully saturated rings. The molecule has 2 N–H and O–H groups in total. The van der Waals surface area contributed by atoms with E-state index in [-0.39, 0.29) is 5.75 Å². The molecule has 1 atom stereocenters. The third kappa shape index (κ3) is 1.47. The molecular formula is C10H13NO2. The molecule has 0 bridgehead atoms. The Bertz CT molecular complexity index is 308. The molecule has 1 saturated heterocycles. The fourth-order valence-electron chi connectivity index (χ4n) is 1.50. The van der Waals surface area contributed by atoms with Gasteiger partial charge >= 0.3 is 0 Å². The van der Waals surface area contributed by atoms with E-state index >= 15 is 0 Å². The van der Waals surface area contributed by atoms with E-state index in [4.69, 9.17) is 4.74 Å². The van der Waals surface area contributed by atoms with E-state index < -0.39 is 0 Å². The molecule has 1 aromatic rings. The fraction of sp³-hybridized carbons (Fsp3) is 0.400. The number of aromatic hydroxyl groups is 1. The monoisotopic (exact) mass is 179 g/mol. The lowest BCUT2D eigenvalue weighted by Crippen LogP contribution is -2.34. The molecule has 1 aromatic carbocycles. The zero-order chi connectivity index (χ0) is 9.26. The van der Waals surface area contributed by atoms with Gasteiger partial charge < -0.3 is 15.2 Å². The zero-order valence-electron chi connectivity index (χ0n) is 7.58. The highest BCUT2D eigenvalue weighted by atomic mass is 16.5. The van der Waals surface area contributed by atoms with Crippen LogP contribution in [0.2, 0.25) is 0 Å². The topological polar surface area (TPSA) is 41.5 Å². The standard InChI is InChI=1S/C10H13NO2/c1-13-10-3-2-7(6-9(10)12)8-4-5-11-8/h2-3,6,8,11-12H,4-5H2,1H3/t8-/m1/s1. The van der Waals surface area contributed by atoms with E-state index in [1.165, 1.54) is 0 Å². The lowest BCUT2D eigenvalue weighted by Gasteiger charge is -2.28. The van der Waals surface area contributed by atoms with Crippen LogP contribution in [0.25, 0.3) is 0 Å². The summed E-state index contributed by atoms with van der Waals surface area (Å²) in [5.74, 6) is 0.747. The van der Waals surface area contributed by atoms with Gasteiger partial charge in [-0.1, -0.05) is 6.07 Å². The summed E-state index contributed by atoms with van der Waals surface area (Å²) < 4.78 is 4.96. The van der Waals surface area contributed by atoms with Gasteiger partial charge in [0.15, 0.2) is 11.5 Å². The van der Waals surface area contributed by atoms with Gasteiger partial charge in [0.05, 0.1) is 7.11 Å². The van der Waals surface area contributed by atoms with Crippen molar-refractivity contribution in [2.45, 2.75) is 12.5 Å². The van der Waals surface area contributed by atoms with Gasteiger partial charge in [-0.05, 0) is 30.7 Å². The molecule has 1 aliphatic rings. The highest BCUT2D eigenvalue weighted by Crippen LogP contribution is 2.31. The summed E-state index contributed by atoms with van der Waals surface area (Å²) in [6.07, 6.45) is 1.14. The number of phenolic OH excluding ortho intramolecular Hbond substituents is 1. The van der Waals surface area contributed by atoms with Gasteiger partial charge in [0, 0.05) is 6.04 Å². The first kappa shape index (κ1) is 8.38. The van der Waals surface area contributed by atoms with Gasteiger partial charge in [-0.3, -0.25) is 0 Å². The first-order valence-corrected chi connectivity index (χ1v) is 4.41. The van der Waals surface area contributed by atoms with Crippen molar-refractivity contribution in [2.24, 2.45) is 0 Å². The third-order valence-electron chi connectivity index (χ3n) is 2.43. The van der Waals surface area contributed by atoms with Gasteiger partial charge in [0.25, 0.3) is 0 Å². The number of nitrogens with one attached hydrogen (secondary N) is 1. The van der Waals surface area contributed by atoms with Gasteiger partial charge in [0.2, 0.25) is 0 Å². The number of hydrogen-bond acceptors (Lipinski definition) is 3. The molecule has 13 heavy (non-hydrogen) atoms.